The first kappa shape index (κ1) is 18.2. The van der Waals surface area contributed by atoms with E-state index in [1.165, 1.54) is 6.07 Å². The zero-order valence-corrected chi connectivity index (χ0v) is 15.4. The second-order valence-electron chi connectivity index (χ2n) is 7.24. The molecule has 28 heavy (non-hydrogen) atoms. The van der Waals surface area contributed by atoms with Crippen molar-refractivity contribution in [3.8, 4) is 0 Å². The molecule has 0 bridgehead atoms. The molecule has 2 aliphatic rings. The van der Waals surface area contributed by atoms with E-state index < -0.39 is 23.4 Å². The molecule has 1 aliphatic heterocycles. The number of nitrogens with one attached hydrogen (secondary N) is 2. The number of imide groups is 1. The number of aryl methyl sites for hydroxylation is 2. The summed E-state index contributed by atoms with van der Waals surface area (Å²) < 4.78 is 13.3. The van der Waals surface area contributed by atoms with Crippen LogP contribution in [-0.4, -0.2) is 29.3 Å². The van der Waals surface area contributed by atoms with Crippen LogP contribution in [0.15, 0.2) is 42.5 Å². The third-order valence-electron chi connectivity index (χ3n) is 5.44. The number of carbonyl (C=O) groups excluding carboxylic acids is 3. The highest BCUT2D eigenvalue weighted by atomic mass is 19.1. The van der Waals surface area contributed by atoms with Crippen molar-refractivity contribution < 1.29 is 18.8 Å². The largest absolute Gasteiger partial charge is 0.350 e. The van der Waals surface area contributed by atoms with Crippen molar-refractivity contribution in [1.29, 1.82) is 0 Å². The van der Waals surface area contributed by atoms with Crippen molar-refractivity contribution in [2.75, 3.05) is 6.54 Å². The Labute approximate surface area is 161 Å². The van der Waals surface area contributed by atoms with Crippen molar-refractivity contribution in [3.63, 3.8) is 0 Å². The van der Waals surface area contributed by atoms with E-state index in [0.717, 1.165) is 21.6 Å². The van der Waals surface area contributed by atoms with E-state index in [1.54, 1.807) is 19.1 Å². The summed E-state index contributed by atoms with van der Waals surface area (Å²) in [5.74, 6) is -1.15. The highest BCUT2D eigenvalue weighted by Crippen LogP contribution is 2.41. The summed E-state index contributed by atoms with van der Waals surface area (Å²) in [6.07, 6.45) is 1.19. The van der Waals surface area contributed by atoms with Crippen molar-refractivity contribution in [1.82, 2.24) is 15.5 Å². The number of nitrogens with zero attached hydrogens (tertiary/aromatic N) is 1. The smallest absolute Gasteiger partial charge is 0.325 e. The monoisotopic (exact) mass is 381 g/mol. The van der Waals surface area contributed by atoms with Crippen molar-refractivity contribution >= 4 is 17.8 Å². The third kappa shape index (κ3) is 2.93. The minimum Gasteiger partial charge on any atom is -0.350 e. The number of urea groups is 1. The van der Waals surface area contributed by atoms with Gasteiger partial charge in [0, 0.05) is 6.54 Å². The van der Waals surface area contributed by atoms with Crippen LogP contribution in [0.2, 0.25) is 0 Å². The van der Waals surface area contributed by atoms with E-state index in [9.17, 15) is 18.8 Å². The van der Waals surface area contributed by atoms with Gasteiger partial charge in [0.1, 0.15) is 17.9 Å². The molecule has 0 radical (unpaired) electrons. The summed E-state index contributed by atoms with van der Waals surface area (Å²) in [5, 5.41) is 5.47. The normalized spacial score (nSPS) is 20.4. The molecule has 1 aliphatic carbocycles. The first-order valence-electron chi connectivity index (χ1n) is 9.15. The highest BCUT2D eigenvalue weighted by Gasteiger charge is 2.55. The molecule has 0 saturated carbocycles. The standard InChI is InChI=1S/C21H20FN3O3/c1-13-10-14(6-7-17(13)22)11-23-18(26)12-25-19(27)21(24-20(25)28)9-8-15-4-2-3-5-16(15)21/h2-7,10H,8-9,11-12H2,1H3,(H,23,26)(H,24,28). The van der Waals surface area contributed by atoms with E-state index in [4.69, 9.17) is 0 Å². The maximum atomic E-state index is 13.3. The van der Waals surface area contributed by atoms with Gasteiger partial charge in [-0.25, -0.2) is 9.18 Å². The number of benzene rings is 2. The molecule has 7 heteroatoms. The zero-order valence-electron chi connectivity index (χ0n) is 15.4. The fraction of sp³-hybridized carbons (Fsp3) is 0.286. The summed E-state index contributed by atoms with van der Waals surface area (Å²) in [5.41, 5.74) is 2.00. The minimum absolute atomic E-state index is 0.192. The SMILES string of the molecule is Cc1cc(CNC(=O)CN2C(=O)NC3(CCc4ccccc43)C2=O)ccc1F. The van der Waals surface area contributed by atoms with E-state index in [1.807, 2.05) is 24.3 Å². The van der Waals surface area contributed by atoms with Gasteiger partial charge < -0.3 is 10.6 Å². The van der Waals surface area contributed by atoms with Crippen LogP contribution in [0.1, 0.15) is 28.7 Å². The molecule has 1 fully saturated rings. The molecule has 0 aromatic heterocycles. The molecule has 1 heterocycles. The van der Waals surface area contributed by atoms with E-state index in [-0.39, 0.29) is 18.9 Å². The molecular formula is C21H20FN3O3. The number of hydrogen-bond acceptors (Lipinski definition) is 3. The second-order valence-corrected chi connectivity index (χ2v) is 7.24. The lowest BCUT2D eigenvalue weighted by Gasteiger charge is -2.22. The average Bonchev–Trinajstić information content (AvgIpc) is 3.16. The first-order chi connectivity index (χ1) is 13.4. The molecule has 1 saturated heterocycles. The Kier molecular flexibility index (Phi) is 4.37. The fourth-order valence-electron chi connectivity index (χ4n) is 3.95. The molecule has 2 aromatic rings. The number of amides is 4. The van der Waals surface area contributed by atoms with Gasteiger partial charge in [-0.05, 0) is 48.1 Å². The molecule has 4 amide bonds. The lowest BCUT2D eigenvalue weighted by atomic mass is 9.92. The van der Waals surface area contributed by atoms with Gasteiger partial charge >= 0.3 is 6.03 Å². The molecule has 2 N–H and O–H groups in total. The summed E-state index contributed by atoms with van der Waals surface area (Å²) in [6, 6.07) is 11.6. The van der Waals surface area contributed by atoms with Crippen LogP contribution >= 0.6 is 0 Å². The van der Waals surface area contributed by atoms with Gasteiger partial charge in [-0.1, -0.05) is 36.4 Å². The fourth-order valence-corrected chi connectivity index (χ4v) is 3.95. The van der Waals surface area contributed by atoms with Crippen molar-refractivity contribution in [3.05, 3.63) is 70.5 Å². The van der Waals surface area contributed by atoms with E-state index in [2.05, 4.69) is 10.6 Å². The zero-order chi connectivity index (χ0) is 19.9. The molecule has 6 nitrogen and oxygen atoms in total. The Morgan fingerprint density at radius 1 is 1.25 bits per heavy atom. The van der Waals surface area contributed by atoms with Crippen LogP contribution in [0, 0.1) is 12.7 Å². The van der Waals surface area contributed by atoms with Gasteiger partial charge in [-0.15, -0.1) is 0 Å². The maximum Gasteiger partial charge on any atom is 0.325 e. The van der Waals surface area contributed by atoms with Gasteiger partial charge in [-0.2, -0.15) is 0 Å². The lowest BCUT2D eigenvalue weighted by molar-refractivity contribution is -0.135. The quantitative estimate of drug-likeness (QED) is 0.797. The van der Waals surface area contributed by atoms with Crippen molar-refractivity contribution in [2.24, 2.45) is 0 Å². The Bertz CT molecular complexity index is 991. The van der Waals surface area contributed by atoms with Crippen LogP contribution < -0.4 is 10.6 Å². The van der Waals surface area contributed by atoms with Gasteiger partial charge in [0.25, 0.3) is 5.91 Å². The first-order valence-corrected chi connectivity index (χ1v) is 9.15. The van der Waals surface area contributed by atoms with Gasteiger partial charge in [-0.3, -0.25) is 14.5 Å². The molecule has 2 aromatic carbocycles. The van der Waals surface area contributed by atoms with E-state index >= 15 is 0 Å². The molecule has 144 valence electrons. The Morgan fingerprint density at radius 3 is 2.82 bits per heavy atom. The molecular weight excluding hydrogens is 361 g/mol. The molecule has 1 spiro atoms. The summed E-state index contributed by atoms with van der Waals surface area (Å²) in [4.78, 5) is 38.7. The number of halogens is 1. The van der Waals surface area contributed by atoms with Crippen molar-refractivity contribution in [2.45, 2.75) is 31.8 Å². The average molecular weight is 381 g/mol. The second kappa shape index (κ2) is 6.74. The Hall–Kier alpha value is -3.22. The number of carbonyl (C=O) groups is 3. The number of hydrogen-bond donors (Lipinski definition) is 2. The van der Waals surface area contributed by atoms with Crippen LogP contribution in [0.5, 0.6) is 0 Å². The highest BCUT2D eigenvalue weighted by molar-refractivity contribution is 6.09. The molecule has 1 atom stereocenters. The van der Waals surface area contributed by atoms with E-state index in [0.29, 0.717) is 18.4 Å². The minimum atomic E-state index is -1.07. The summed E-state index contributed by atoms with van der Waals surface area (Å²) in [7, 11) is 0. The Morgan fingerprint density at radius 2 is 2.04 bits per heavy atom. The van der Waals surface area contributed by atoms with Crippen LogP contribution in [0.4, 0.5) is 9.18 Å². The van der Waals surface area contributed by atoms with Crippen LogP contribution in [0.3, 0.4) is 0 Å². The topological polar surface area (TPSA) is 78.5 Å². The lowest BCUT2D eigenvalue weighted by Crippen LogP contribution is -2.43. The third-order valence-corrected chi connectivity index (χ3v) is 5.44. The molecule has 4 rings (SSSR count). The van der Waals surface area contributed by atoms with Crippen LogP contribution in [-0.2, 0) is 28.1 Å². The van der Waals surface area contributed by atoms with Gasteiger partial charge in [0.05, 0.1) is 0 Å². The molecule has 1 unspecified atom stereocenters. The number of rotatable bonds is 4. The van der Waals surface area contributed by atoms with Gasteiger partial charge in [0.2, 0.25) is 5.91 Å². The maximum absolute atomic E-state index is 13.3. The predicted octanol–water partition coefficient (Wildman–Crippen LogP) is 2.14. The number of fused-ring (bicyclic) bond motifs is 2. The predicted molar refractivity (Wildman–Crippen MR) is 99.7 cm³/mol. The summed E-state index contributed by atoms with van der Waals surface area (Å²) >= 11 is 0. The van der Waals surface area contributed by atoms with Gasteiger partial charge in [0.15, 0.2) is 0 Å². The summed E-state index contributed by atoms with van der Waals surface area (Å²) in [6.45, 7) is 1.49. The Balaban J connectivity index is 1.44. The van der Waals surface area contributed by atoms with Crippen LogP contribution in [0.25, 0.3) is 0 Å².